The summed E-state index contributed by atoms with van der Waals surface area (Å²) in [6.45, 7) is 3.43. The van der Waals surface area contributed by atoms with Gasteiger partial charge in [0.25, 0.3) is 5.69 Å². The van der Waals surface area contributed by atoms with E-state index in [9.17, 15) is 23.3 Å². The molecule has 1 unspecified atom stereocenters. The van der Waals surface area contributed by atoms with E-state index in [0.29, 0.717) is 17.7 Å². The van der Waals surface area contributed by atoms with Gasteiger partial charge in [-0.15, -0.1) is 0 Å². The van der Waals surface area contributed by atoms with Gasteiger partial charge in [0.15, 0.2) is 0 Å². The molecule has 0 radical (unpaired) electrons. The Hall–Kier alpha value is -2.78. The summed E-state index contributed by atoms with van der Waals surface area (Å²) in [5.74, 6) is -0.107. The van der Waals surface area contributed by atoms with Crippen LogP contribution in [0.3, 0.4) is 0 Å². The summed E-state index contributed by atoms with van der Waals surface area (Å²) in [4.78, 5) is 21.4. The van der Waals surface area contributed by atoms with Gasteiger partial charge in [0.2, 0.25) is 15.9 Å². The summed E-state index contributed by atoms with van der Waals surface area (Å²) in [7, 11) is -3.83. The number of non-ortho nitro benzene ring substituents is 1. The van der Waals surface area contributed by atoms with Gasteiger partial charge in [0.05, 0.1) is 9.82 Å². The van der Waals surface area contributed by atoms with Crippen LogP contribution >= 0.6 is 0 Å². The average Bonchev–Trinajstić information content (AvgIpc) is 2.61. The third kappa shape index (κ3) is 4.87. The highest BCUT2D eigenvalue weighted by Crippen LogP contribution is 2.21. The quantitative estimate of drug-likeness (QED) is 0.568. The van der Waals surface area contributed by atoms with Gasteiger partial charge in [-0.3, -0.25) is 14.9 Å². The Morgan fingerprint density at radius 2 is 1.69 bits per heavy atom. The second kappa shape index (κ2) is 8.07. The molecule has 26 heavy (non-hydrogen) atoms. The van der Waals surface area contributed by atoms with Crippen molar-refractivity contribution in [2.75, 3.05) is 5.32 Å². The van der Waals surface area contributed by atoms with Crippen LogP contribution in [0.15, 0.2) is 53.4 Å². The zero-order chi connectivity index (χ0) is 19.3. The molecule has 0 spiro atoms. The molecule has 0 aliphatic rings. The minimum atomic E-state index is -3.83. The summed E-state index contributed by atoms with van der Waals surface area (Å²) in [5.41, 5.74) is 1.16. The third-order valence-electron chi connectivity index (χ3n) is 3.71. The van der Waals surface area contributed by atoms with Gasteiger partial charge < -0.3 is 5.32 Å². The van der Waals surface area contributed by atoms with Crippen molar-refractivity contribution in [1.82, 2.24) is 4.72 Å². The molecule has 1 atom stereocenters. The number of nitrogens with one attached hydrogen (secondary N) is 2. The van der Waals surface area contributed by atoms with Gasteiger partial charge in [0, 0.05) is 30.3 Å². The Balaban J connectivity index is 2.11. The largest absolute Gasteiger partial charge is 0.326 e. The van der Waals surface area contributed by atoms with Gasteiger partial charge in [0.1, 0.15) is 0 Å². The first kappa shape index (κ1) is 19.5. The maximum Gasteiger partial charge on any atom is 0.269 e. The Bertz CT molecular complexity index is 893. The molecular weight excluding hydrogens is 358 g/mol. The van der Waals surface area contributed by atoms with Gasteiger partial charge in [-0.2, -0.15) is 0 Å². The van der Waals surface area contributed by atoms with Crippen molar-refractivity contribution >= 4 is 27.3 Å². The molecule has 2 aromatic rings. The van der Waals surface area contributed by atoms with E-state index >= 15 is 0 Å². The number of carbonyl (C=O) groups is 1. The lowest BCUT2D eigenvalue weighted by molar-refractivity contribution is -0.384. The van der Waals surface area contributed by atoms with E-state index < -0.39 is 21.0 Å². The number of amides is 1. The Morgan fingerprint density at radius 1 is 1.12 bits per heavy atom. The van der Waals surface area contributed by atoms with Crippen molar-refractivity contribution in [3.63, 3.8) is 0 Å². The molecule has 138 valence electrons. The number of nitro benzene ring substituents is 1. The normalized spacial score (nSPS) is 12.4. The predicted octanol–water partition coefficient (Wildman–Crippen LogP) is 2.98. The third-order valence-corrected chi connectivity index (χ3v) is 5.26. The highest BCUT2D eigenvalue weighted by Gasteiger charge is 2.19. The number of sulfonamides is 1. The van der Waals surface area contributed by atoms with Crippen molar-refractivity contribution < 1.29 is 18.1 Å². The number of rotatable bonds is 7. The monoisotopic (exact) mass is 377 g/mol. The average molecular weight is 377 g/mol. The number of nitrogens with zero attached hydrogens (tertiary/aromatic N) is 1. The molecule has 0 bridgehead atoms. The molecule has 8 nitrogen and oxygen atoms in total. The second-order valence-corrected chi connectivity index (χ2v) is 7.33. The highest BCUT2D eigenvalue weighted by molar-refractivity contribution is 7.89. The van der Waals surface area contributed by atoms with E-state index in [-0.39, 0.29) is 16.5 Å². The molecule has 0 aliphatic heterocycles. The molecule has 2 N–H and O–H groups in total. The SMILES string of the molecule is CCC(=O)Nc1ccc(C(C)NS(=O)(=O)c2ccc([N+](=O)[O-])cc2)cc1. The van der Waals surface area contributed by atoms with Crippen LogP contribution in [0.25, 0.3) is 0 Å². The van der Waals surface area contributed by atoms with Crippen molar-refractivity contribution in [2.45, 2.75) is 31.2 Å². The number of carbonyl (C=O) groups excluding carboxylic acids is 1. The van der Waals surface area contributed by atoms with Crippen LogP contribution in [0.4, 0.5) is 11.4 Å². The summed E-state index contributed by atoms with van der Waals surface area (Å²) in [6, 6.07) is 11.0. The van der Waals surface area contributed by atoms with Crippen molar-refractivity contribution in [1.29, 1.82) is 0 Å². The van der Waals surface area contributed by atoms with Gasteiger partial charge >= 0.3 is 0 Å². The zero-order valence-corrected chi connectivity index (χ0v) is 15.1. The minimum Gasteiger partial charge on any atom is -0.326 e. The maximum atomic E-state index is 12.4. The number of benzene rings is 2. The van der Waals surface area contributed by atoms with Crippen molar-refractivity contribution in [3.05, 3.63) is 64.2 Å². The fraction of sp³-hybridized carbons (Fsp3) is 0.235. The standard InChI is InChI=1S/C17H19N3O5S/c1-3-17(21)18-14-6-4-13(5-7-14)12(2)19-26(24,25)16-10-8-15(9-11-16)20(22)23/h4-12,19H,3H2,1-2H3,(H,18,21). The lowest BCUT2D eigenvalue weighted by Gasteiger charge is -2.15. The molecule has 0 aromatic heterocycles. The molecule has 9 heteroatoms. The molecule has 0 aliphatic carbocycles. The first-order valence-electron chi connectivity index (χ1n) is 7.89. The summed E-state index contributed by atoms with van der Waals surface area (Å²) in [5, 5.41) is 13.4. The molecular formula is C17H19N3O5S. The van der Waals surface area contributed by atoms with E-state index in [4.69, 9.17) is 0 Å². The Labute approximate surface area is 151 Å². The first-order chi connectivity index (χ1) is 12.2. The van der Waals surface area contributed by atoms with Crippen LogP contribution in [0.2, 0.25) is 0 Å². The van der Waals surface area contributed by atoms with Crippen LogP contribution in [0, 0.1) is 10.1 Å². The van der Waals surface area contributed by atoms with Crippen LogP contribution in [0.1, 0.15) is 31.9 Å². The maximum absolute atomic E-state index is 12.4. The first-order valence-corrected chi connectivity index (χ1v) is 9.38. The smallest absolute Gasteiger partial charge is 0.269 e. The van der Waals surface area contributed by atoms with Gasteiger partial charge in [-0.05, 0) is 36.8 Å². The summed E-state index contributed by atoms with van der Waals surface area (Å²) in [6.07, 6.45) is 0.368. The van der Waals surface area contributed by atoms with Crippen LogP contribution in [0.5, 0.6) is 0 Å². The highest BCUT2D eigenvalue weighted by atomic mass is 32.2. The van der Waals surface area contributed by atoms with Gasteiger partial charge in [-0.1, -0.05) is 19.1 Å². The lowest BCUT2D eigenvalue weighted by atomic mass is 10.1. The topological polar surface area (TPSA) is 118 Å². The van der Waals surface area contributed by atoms with Crippen LogP contribution < -0.4 is 10.0 Å². The predicted molar refractivity (Wildman–Crippen MR) is 97.2 cm³/mol. The van der Waals surface area contributed by atoms with E-state index in [1.807, 2.05) is 0 Å². The van der Waals surface area contributed by atoms with E-state index in [0.717, 1.165) is 12.1 Å². The van der Waals surface area contributed by atoms with Crippen LogP contribution in [-0.4, -0.2) is 19.2 Å². The molecule has 1 amide bonds. The summed E-state index contributed by atoms with van der Waals surface area (Å²) < 4.78 is 27.3. The molecule has 0 heterocycles. The number of hydrogen-bond donors (Lipinski definition) is 2. The Kier molecular flexibility index (Phi) is 6.06. The fourth-order valence-electron chi connectivity index (χ4n) is 2.22. The zero-order valence-electron chi connectivity index (χ0n) is 14.3. The molecule has 0 fully saturated rings. The summed E-state index contributed by atoms with van der Waals surface area (Å²) >= 11 is 0. The van der Waals surface area contributed by atoms with E-state index in [2.05, 4.69) is 10.0 Å². The second-order valence-electron chi connectivity index (χ2n) is 5.62. The molecule has 2 rings (SSSR count). The minimum absolute atomic E-state index is 0.0539. The molecule has 2 aromatic carbocycles. The van der Waals surface area contributed by atoms with E-state index in [1.54, 1.807) is 38.1 Å². The number of hydrogen-bond acceptors (Lipinski definition) is 5. The van der Waals surface area contributed by atoms with Crippen LogP contribution in [-0.2, 0) is 14.8 Å². The number of nitro groups is 1. The fourth-order valence-corrected chi connectivity index (χ4v) is 3.45. The van der Waals surface area contributed by atoms with E-state index in [1.165, 1.54) is 12.1 Å². The van der Waals surface area contributed by atoms with Crippen molar-refractivity contribution in [3.8, 4) is 0 Å². The number of anilines is 1. The molecule has 0 saturated heterocycles. The van der Waals surface area contributed by atoms with Crippen molar-refractivity contribution in [2.24, 2.45) is 0 Å². The Morgan fingerprint density at radius 3 is 2.19 bits per heavy atom. The lowest BCUT2D eigenvalue weighted by Crippen LogP contribution is -2.26. The molecule has 0 saturated carbocycles. The van der Waals surface area contributed by atoms with Gasteiger partial charge in [-0.25, -0.2) is 13.1 Å².